The molecule has 1 unspecified atom stereocenters. The smallest absolute Gasteiger partial charge is 0.258 e. The van der Waals surface area contributed by atoms with E-state index in [-0.39, 0.29) is 24.5 Å². The average molecular weight is 388 g/mol. The van der Waals surface area contributed by atoms with Gasteiger partial charge in [0.05, 0.1) is 6.04 Å². The van der Waals surface area contributed by atoms with Crippen molar-refractivity contribution in [1.82, 2.24) is 5.32 Å². The van der Waals surface area contributed by atoms with Gasteiger partial charge in [-0.05, 0) is 60.0 Å². The number of nitrogens with one attached hydrogen (secondary N) is 1. The van der Waals surface area contributed by atoms with Gasteiger partial charge in [0.1, 0.15) is 5.75 Å². The van der Waals surface area contributed by atoms with Crippen LogP contribution in [0, 0.1) is 0 Å². The summed E-state index contributed by atoms with van der Waals surface area (Å²) in [6, 6.07) is 21.5. The topological polar surface area (TPSA) is 58.6 Å². The summed E-state index contributed by atoms with van der Waals surface area (Å²) >= 11 is 0. The number of amides is 2. The van der Waals surface area contributed by atoms with Gasteiger partial charge in [0.25, 0.3) is 5.91 Å². The molecule has 2 amide bonds. The first-order valence-corrected chi connectivity index (χ1v) is 9.91. The minimum atomic E-state index is -0.176. The molecule has 0 radical (unpaired) electrons. The standard InChI is InChI=1S/C24H24N2O3/c1-17(19-9-8-18-5-2-3-6-20(18)15-19)25-23(27)16-29-22-12-10-21(11-13-22)26-14-4-7-24(26)28/h2-3,5-6,8-13,15,17H,4,7,14,16H2,1H3,(H,25,27). The number of fused-ring (bicyclic) bond motifs is 1. The number of hydrogen-bond donors (Lipinski definition) is 1. The zero-order valence-corrected chi connectivity index (χ0v) is 16.4. The highest BCUT2D eigenvalue weighted by Gasteiger charge is 2.21. The van der Waals surface area contributed by atoms with Crippen molar-refractivity contribution in [3.63, 3.8) is 0 Å². The third-order valence-electron chi connectivity index (χ3n) is 5.24. The van der Waals surface area contributed by atoms with E-state index in [9.17, 15) is 9.59 Å². The molecule has 3 aromatic rings. The summed E-state index contributed by atoms with van der Waals surface area (Å²) in [6.07, 6.45) is 1.50. The summed E-state index contributed by atoms with van der Waals surface area (Å²) < 4.78 is 5.60. The molecule has 1 fully saturated rings. The van der Waals surface area contributed by atoms with Gasteiger partial charge in [0, 0.05) is 18.7 Å². The summed E-state index contributed by atoms with van der Waals surface area (Å²) in [5, 5.41) is 5.31. The zero-order valence-electron chi connectivity index (χ0n) is 16.4. The molecule has 0 saturated carbocycles. The highest BCUT2D eigenvalue weighted by Crippen LogP contribution is 2.24. The maximum Gasteiger partial charge on any atom is 0.258 e. The highest BCUT2D eigenvalue weighted by molar-refractivity contribution is 5.95. The Kier molecular flexibility index (Phi) is 5.47. The van der Waals surface area contributed by atoms with Gasteiger partial charge in [-0.1, -0.05) is 36.4 Å². The van der Waals surface area contributed by atoms with E-state index in [1.54, 1.807) is 17.0 Å². The van der Waals surface area contributed by atoms with Gasteiger partial charge in [-0.25, -0.2) is 0 Å². The maximum absolute atomic E-state index is 12.3. The Morgan fingerprint density at radius 2 is 1.83 bits per heavy atom. The van der Waals surface area contributed by atoms with Crippen LogP contribution in [0.25, 0.3) is 10.8 Å². The molecule has 1 heterocycles. The van der Waals surface area contributed by atoms with Gasteiger partial charge >= 0.3 is 0 Å². The minimum absolute atomic E-state index is 0.0556. The fourth-order valence-corrected chi connectivity index (χ4v) is 3.64. The van der Waals surface area contributed by atoms with Crippen LogP contribution in [-0.2, 0) is 9.59 Å². The van der Waals surface area contributed by atoms with E-state index in [2.05, 4.69) is 29.6 Å². The number of benzene rings is 3. The number of nitrogens with zero attached hydrogens (tertiary/aromatic N) is 1. The molecule has 1 saturated heterocycles. The lowest BCUT2D eigenvalue weighted by Crippen LogP contribution is -2.31. The van der Waals surface area contributed by atoms with Crippen molar-refractivity contribution in [3.05, 3.63) is 72.3 Å². The van der Waals surface area contributed by atoms with Crippen LogP contribution in [-0.4, -0.2) is 25.0 Å². The molecule has 0 aromatic heterocycles. The fraction of sp³-hybridized carbons (Fsp3) is 0.250. The van der Waals surface area contributed by atoms with Crippen molar-refractivity contribution < 1.29 is 14.3 Å². The van der Waals surface area contributed by atoms with Crippen molar-refractivity contribution in [2.45, 2.75) is 25.8 Å². The largest absolute Gasteiger partial charge is 0.484 e. The van der Waals surface area contributed by atoms with Gasteiger partial charge in [-0.2, -0.15) is 0 Å². The van der Waals surface area contributed by atoms with E-state index < -0.39 is 0 Å². The van der Waals surface area contributed by atoms with Crippen LogP contribution in [0.15, 0.2) is 66.7 Å². The van der Waals surface area contributed by atoms with Crippen LogP contribution in [0.5, 0.6) is 5.75 Å². The first kappa shape index (κ1) is 19.0. The minimum Gasteiger partial charge on any atom is -0.484 e. The van der Waals surface area contributed by atoms with Crippen LogP contribution in [0.3, 0.4) is 0 Å². The van der Waals surface area contributed by atoms with E-state index in [1.807, 2.05) is 37.3 Å². The monoisotopic (exact) mass is 388 g/mol. The molecule has 4 rings (SSSR count). The first-order chi connectivity index (χ1) is 14.1. The molecule has 5 nitrogen and oxygen atoms in total. The van der Waals surface area contributed by atoms with E-state index in [0.29, 0.717) is 12.2 Å². The lowest BCUT2D eigenvalue weighted by Gasteiger charge is -2.17. The van der Waals surface area contributed by atoms with Gasteiger partial charge < -0.3 is 15.0 Å². The Hall–Kier alpha value is -3.34. The molecule has 1 atom stereocenters. The molecule has 5 heteroatoms. The molecule has 0 spiro atoms. The Morgan fingerprint density at radius 3 is 2.55 bits per heavy atom. The molecule has 1 aliphatic rings. The molecule has 0 bridgehead atoms. The average Bonchev–Trinajstić information content (AvgIpc) is 3.18. The third kappa shape index (κ3) is 4.40. The Labute approximate surface area is 170 Å². The van der Waals surface area contributed by atoms with Gasteiger partial charge in [0.2, 0.25) is 5.91 Å². The fourth-order valence-electron chi connectivity index (χ4n) is 3.64. The highest BCUT2D eigenvalue weighted by atomic mass is 16.5. The van der Waals surface area contributed by atoms with Gasteiger partial charge in [-0.15, -0.1) is 0 Å². The van der Waals surface area contributed by atoms with Crippen LogP contribution in [0.4, 0.5) is 5.69 Å². The van der Waals surface area contributed by atoms with Crippen LogP contribution >= 0.6 is 0 Å². The second-order valence-corrected chi connectivity index (χ2v) is 7.33. The molecule has 148 valence electrons. The van der Waals surface area contributed by atoms with Crippen LogP contribution in [0.1, 0.15) is 31.4 Å². The molecule has 1 aliphatic heterocycles. The number of rotatable bonds is 6. The molecule has 29 heavy (non-hydrogen) atoms. The van der Waals surface area contributed by atoms with Crippen molar-refractivity contribution in [2.75, 3.05) is 18.1 Å². The summed E-state index contributed by atoms with van der Waals surface area (Å²) in [5.41, 5.74) is 1.92. The van der Waals surface area contributed by atoms with Crippen molar-refractivity contribution in [3.8, 4) is 5.75 Å². The summed E-state index contributed by atoms with van der Waals surface area (Å²) in [6.45, 7) is 2.66. The predicted octanol–water partition coefficient (Wildman–Crippen LogP) is 4.22. The molecule has 3 aromatic carbocycles. The zero-order chi connectivity index (χ0) is 20.2. The van der Waals surface area contributed by atoms with Crippen molar-refractivity contribution >= 4 is 28.3 Å². The second kappa shape index (κ2) is 8.35. The van der Waals surface area contributed by atoms with Gasteiger partial charge in [-0.3, -0.25) is 9.59 Å². The van der Waals surface area contributed by atoms with E-state index in [0.717, 1.165) is 29.6 Å². The van der Waals surface area contributed by atoms with E-state index in [1.165, 1.54) is 5.39 Å². The number of hydrogen-bond acceptors (Lipinski definition) is 3. The third-order valence-corrected chi connectivity index (χ3v) is 5.24. The summed E-state index contributed by atoms with van der Waals surface area (Å²) in [4.78, 5) is 25.9. The molecular weight excluding hydrogens is 364 g/mol. The quantitative estimate of drug-likeness (QED) is 0.688. The Balaban J connectivity index is 1.31. The Morgan fingerprint density at radius 1 is 1.07 bits per heavy atom. The second-order valence-electron chi connectivity index (χ2n) is 7.33. The number of anilines is 1. The van der Waals surface area contributed by atoms with Crippen molar-refractivity contribution in [1.29, 1.82) is 0 Å². The van der Waals surface area contributed by atoms with Crippen LogP contribution in [0.2, 0.25) is 0 Å². The number of carbonyl (C=O) groups is 2. The lowest BCUT2D eigenvalue weighted by atomic mass is 10.0. The normalized spacial score (nSPS) is 14.8. The lowest BCUT2D eigenvalue weighted by molar-refractivity contribution is -0.123. The number of carbonyl (C=O) groups excluding carboxylic acids is 2. The van der Waals surface area contributed by atoms with E-state index >= 15 is 0 Å². The summed E-state index contributed by atoms with van der Waals surface area (Å²) in [7, 11) is 0. The van der Waals surface area contributed by atoms with E-state index in [4.69, 9.17) is 4.74 Å². The maximum atomic E-state index is 12.3. The number of ether oxygens (including phenoxy) is 1. The van der Waals surface area contributed by atoms with Crippen molar-refractivity contribution in [2.24, 2.45) is 0 Å². The first-order valence-electron chi connectivity index (χ1n) is 9.91. The summed E-state index contributed by atoms with van der Waals surface area (Å²) in [5.74, 6) is 0.582. The predicted molar refractivity (Wildman–Crippen MR) is 114 cm³/mol. The SMILES string of the molecule is CC(NC(=O)COc1ccc(N2CCCC2=O)cc1)c1ccc2ccccc2c1. The Bertz CT molecular complexity index is 1030. The van der Waals surface area contributed by atoms with Gasteiger partial charge in [0.15, 0.2) is 6.61 Å². The van der Waals surface area contributed by atoms with Crippen LogP contribution < -0.4 is 15.0 Å². The molecule has 1 N–H and O–H groups in total. The molecule has 0 aliphatic carbocycles. The molecular formula is C24H24N2O3.